The molecule has 0 saturated heterocycles. The Balaban J connectivity index is 2.05. The predicted molar refractivity (Wildman–Crippen MR) is 65.9 cm³/mol. The number of β-amino-alcohol motifs (C(OH)–C–C–N with tert-alkyl or cyclic N) is 1. The van der Waals surface area contributed by atoms with Crippen molar-refractivity contribution in [3.05, 3.63) is 35.9 Å². The van der Waals surface area contributed by atoms with E-state index in [4.69, 9.17) is 16.7 Å². The monoisotopic (exact) mass is 238 g/mol. The molecule has 1 atom stereocenters. The normalized spacial score (nSPS) is 20.0. The number of amidine groups is 1. The molecule has 0 saturated carbocycles. The number of aliphatic hydroxyl groups is 1. The largest absolute Gasteiger partial charge is 0.395 e. The summed E-state index contributed by atoms with van der Waals surface area (Å²) in [6, 6.07) is 10.2. The Morgan fingerprint density at radius 3 is 2.81 bits per heavy atom. The second-order valence-electron chi connectivity index (χ2n) is 3.81. The van der Waals surface area contributed by atoms with Gasteiger partial charge in [0.1, 0.15) is 11.3 Å². The standard InChI is InChI=1S/C12H15ClN2O/c13-11-9-15(6-7-16)12(14-11)8-10-4-2-1-3-5-10/h1-5,11,16H,6-9H2. The van der Waals surface area contributed by atoms with Crippen molar-refractivity contribution < 1.29 is 5.11 Å². The summed E-state index contributed by atoms with van der Waals surface area (Å²) in [5.74, 6) is 0.972. The Labute approximate surface area is 100 Å². The molecular weight excluding hydrogens is 224 g/mol. The molecule has 86 valence electrons. The van der Waals surface area contributed by atoms with E-state index in [2.05, 4.69) is 17.1 Å². The fourth-order valence-corrected chi connectivity index (χ4v) is 2.13. The zero-order valence-corrected chi connectivity index (χ0v) is 9.77. The van der Waals surface area contributed by atoms with Crippen LogP contribution < -0.4 is 0 Å². The highest BCUT2D eigenvalue weighted by Gasteiger charge is 2.22. The van der Waals surface area contributed by atoms with Crippen molar-refractivity contribution in [3.8, 4) is 0 Å². The molecular formula is C12H15ClN2O. The summed E-state index contributed by atoms with van der Waals surface area (Å²) in [6.45, 7) is 1.44. The fraction of sp³-hybridized carbons (Fsp3) is 0.417. The number of aliphatic imine (C=N–C) groups is 1. The van der Waals surface area contributed by atoms with Crippen molar-refractivity contribution in [2.75, 3.05) is 19.7 Å². The van der Waals surface area contributed by atoms with E-state index < -0.39 is 0 Å². The maximum absolute atomic E-state index is 8.96. The van der Waals surface area contributed by atoms with Gasteiger partial charge in [-0.15, -0.1) is 0 Å². The van der Waals surface area contributed by atoms with E-state index in [0.717, 1.165) is 12.3 Å². The topological polar surface area (TPSA) is 35.8 Å². The minimum atomic E-state index is -0.176. The van der Waals surface area contributed by atoms with Gasteiger partial charge in [0, 0.05) is 13.0 Å². The lowest BCUT2D eigenvalue weighted by atomic mass is 10.1. The SMILES string of the molecule is OCCN1CC(Cl)N=C1Cc1ccccc1. The van der Waals surface area contributed by atoms with Crippen LogP contribution in [-0.2, 0) is 6.42 Å². The van der Waals surface area contributed by atoms with Crippen LogP contribution in [0, 0.1) is 0 Å². The molecule has 0 fully saturated rings. The molecule has 2 rings (SSSR count). The van der Waals surface area contributed by atoms with Gasteiger partial charge in [-0.3, -0.25) is 4.99 Å². The van der Waals surface area contributed by atoms with E-state index in [0.29, 0.717) is 13.1 Å². The van der Waals surface area contributed by atoms with E-state index in [1.807, 2.05) is 23.1 Å². The van der Waals surface area contributed by atoms with E-state index in [1.54, 1.807) is 0 Å². The van der Waals surface area contributed by atoms with Crippen molar-refractivity contribution in [2.45, 2.75) is 11.9 Å². The molecule has 0 spiro atoms. The van der Waals surface area contributed by atoms with Gasteiger partial charge >= 0.3 is 0 Å². The van der Waals surface area contributed by atoms with Gasteiger partial charge in [-0.1, -0.05) is 41.9 Å². The van der Waals surface area contributed by atoms with Crippen LogP contribution in [-0.4, -0.2) is 41.0 Å². The Morgan fingerprint density at radius 1 is 1.38 bits per heavy atom. The average molecular weight is 239 g/mol. The fourth-order valence-electron chi connectivity index (χ4n) is 1.85. The van der Waals surface area contributed by atoms with Crippen molar-refractivity contribution in [3.63, 3.8) is 0 Å². The average Bonchev–Trinajstić information content (AvgIpc) is 2.61. The second-order valence-corrected chi connectivity index (χ2v) is 4.32. The highest BCUT2D eigenvalue weighted by Crippen LogP contribution is 2.15. The number of hydrogen-bond acceptors (Lipinski definition) is 3. The molecule has 1 unspecified atom stereocenters. The van der Waals surface area contributed by atoms with Crippen LogP contribution in [0.1, 0.15) is 5.56 Å². The van der Waals surface area contributed by atoms with Crippen LogP contribution in [0.2, 0.25) is 0 Å². The van der Waals surface area contributed by atoms with Crippen LogP contribution in [0.5, 0.6) is 0 Å². The summed E-state index contributed by atoms with van der Waals surface area (Å²) >= 11 is 5.99. The van der Waals surface area contributed by atoms with Gasteiger partial charge in [0.25, 0.3) is 0 Å². The molecule has 0 amide bonds. The van der Waals surface area contributed by atoms with Crippen LogP contribution in [0.3, 0.4) is 0 Å². The lowest BCUT2D eigenvalue weighted by molar-refractivity contribution is 0.254. The molecule has 0 aliphatic carbocycles. The summed E-state index contributed by atoms with van der Waals surface area (Å²) < 4.78 is 0. The molecule has 1 aliphatic heterocycles. The molecule has 0 bridgehead atoms. The number of benzene rings is 1. The van der Waals surface area contributed by atoms with Gasteiger partial charge < -0.3 is 10.0 Å². The predicted octanol–water partition coefficient (Wildman–Crippen LogP) is 1.50. The quantitative estimate of drug-likeness (QED) is 0.638. The summed E-state index contributed by atoms with van der Waals surface area (Å²) in [5.41, 5.74) is 1.04. The van der Waals surface area contributed by atoms with Gasteiger partial charge in [0.05, 0.1) is 13.2 Å². The summed E-state index contributed by atoms with van der Waals surface area (Å²) in [7, 11) is 0. The lowest BCUT2D eigenvalue weighted by Gasteiger charge is -2.19. The Kier molecular flexibility index (Phi) is 3.80. The number of nitrogens with zero attached hydrogens (tertiary/aromatic N) is 2. The van der Waals surface area contributed by atoms with E-state index >= 15 is 0 Å². The Bertz CT molecular complexity index is 367. The molecule has 4 heteroatoms. The molecule has 16 heavy (non-hydrogen) atoms. The third-order valence-electron chi connectivity index (χ3n) is 2.60. The van der Waals surface area contributed by atoms with Crippen LogP contribution >= 0.6 is 11.6 Å². The number of aliphatic hydroxyl groups excluding tert-OH is 1. The minimum Gasteiger partial charge on any atom is -0.395 e. The van der Waals surface area contributed by atoms with Crippen molar-refractivity contribution >= 4 is 17.4 Å². The van der Waals surface area contributed by atoms with Crippen molar-refractivity contribution in [2.24, 2.45) is 4.99 Å². The molecule has 0 radical (unpaired) electrons. The van der Waals surface area contributed by atoms with Gasteiger partial charge in [-0.2, -0.15) is 0 Å². The number of rotatable bonds is 4. The van der Waals surface area contributed by atoms with Crippen LogP contribution in [0.25, 0.3) is 0 Å². The minimum absolute atomic E-state index is 0.136. The number of alkyl halides is 1. The molecule has 1 aromatic rings. The van der Waals surface area contributed by atoms with E-state index in [-0.39, 0.29) is 12.1 Å². The molecule has 1 aliphatic rings. The highest BCUT2D eigenvalue weighted by molar-refractivity contribution is 6.22. The van der Waals surface area contributed by atoms with Crippen LogP contribution in [0.4, 0.5) is 0 Å². The maximum atomic E-state index is 8.96. The first-order valence-electron chi connectivity index (χ1n) is 5.40. The van der Waals surface area contributed by atoms with Gasteiger partial charge in [0.2, 0.25) is 0 Å². The summed E-state index contributed by atoms with van der Waals surface area (Å²) in [4.78, 5) is 6.43. The zero-order valence-electron chi connectivity index (χ0n) is 9.01. The first-order valence-corrected chi connectivity index (χ1v) is 5.83. The molecule has 3 nitrogen and oxygen atoms in total. The maximum Gasteiger partial charge on any atom is 0.143 e. The zero-order chi connectivity index (χ0) is 11.4. The first kappa shape index (κ1) is 11.4. The Morgan fingerprint density at radius 2 is 2.12 bits per heavy atom. The molecule has 1 heterocycles. The van der Waals surface area contributed by atoms with Crippen molar-refractivity contribution in [1.29, 1.82) is 0 Å². The number of halogens is 1. The molecule has 0 aromatic heterocycles. The lowest BCUT2D eigenvalue weighted by Crippen LogP contribution is -2.32. The third kappa shape index (κ3) is 2.74. The third-order valence-corrected chi connectivity index (χ3v) is 2.84. The van der Waals surface area contributed by atoms with Crippen molar-refractivity contribution in [1.82, 2.24) is 4.90 Å². The molecule has 1 aromatic carbocycles. The number of hydrogen-bond donors (Lipinski definition) is 1. The van der Waals surface area contributed by atoms with E-state index in [1.165, 1.54) is 5.56 Å². The van der Waals surface area contributed by atoms with Gasteiger partial charge in [-0.25, -0.2) is 0 Å². The van der Waals surface area contributed by atoms with Gasteiger partial charge in [0.15, 0.2) is 0 Å². The van der Waals surface area contributed by atoms with Crippen LogP contribution in [0.15, 0.2) is 35.3 Å². The smallest absolute Gasteiger partial charge is 0.143 e. The first-order chi connectivity index (χ1) is 7.79. The molecule has 1 N–H and O–H groups in total. The summed E-state index contributed by atoms with van der Waals surface area (Å²) in [5, 5.41) is 8.96. The Hall–Kier alpha value is -1.06. The van der Waals surface area contributed by atoms with Gasteiger partial charge in [-0.05, 0) is 5.56 Å². The summed E-state index contributed by atoms with van der Waals surface area (Å²) in [6.07, 6.45) is 0.782. The second kappa shape index (κ2) is 5.32. The van der Waals surface area contributed by atoms with E-state index in [9.17, 15) is 0 Å². The highest BCUT2D eigenvalue weighted by atomic mass is 35.5.